The quantitative estimate of drug-likeness (QED) is 0.573. The first-order chi connectivity index (χ1) is 10.2. The molecule has 1 aliphatic rings. The zero-order chi connectivity index (χ0) is 16.5. The number of hydrogen-bond donors (Lipinski definition) is 3. The van der Waals surface area contributed by atoms with Crippen molar-refractivity contribution < 1.29 is 27.9 Å². The molecule has 0 aromatic heterocycles. The van der Waals surface area contributed by atoms with Crippen LogP contribution in [0.15, 0.2) is 18.2 Å². The van der Waals surface area contributed by atoms with Crippen LogP contribution in [0.25, 0.3) is 0 Å². The van der Waals surface area contributed by atoms with Crippen LogP contribution in [0, 0.1) is 5.92 Å². The van der Waals surface area contributed by atoms with E-state index in [1.54, 1.807) is 5.32 Å². The number of halogens is 4. The topological polar surface area (TPSA) is 78.4 Å². The van der Waals surface area contributed by atoms with Crippen molar-refractivity contribution in [3.63, 3.8) is 0 Å². The van der Waals surface area contributed by atoms with Crippen LogP contribution in [0.3, 0.4) is 0 Å². The zero-order valence-corrected chi connectivity index (χ0v) is 11.8. The summed E-state index contributed by atoms with van der Waals surface area (Å²) >= 11 is 5.72. The molecule has 0 saturated carbocycles. The largest absolute Gasteiger partial charge is 0.506 e. The van der Waals surface area contributed by atoms with Gasteiger partial charge in [-0.05, 0) is 31.0 Å². The van der Waals surface area contributed by atoms with Crippen molar-refractivity contribution in [2.45, 2.75) is 25.1 Å². The average Bonchev–Trinajstić information content (AvgIpc) is 2.41. The highest BCUT2D eigenvalue weighted by Crippen LogP contribution is 2.30. The van der Waals surface area contributed by atoms with E-state index in [1.165, 1.54) is 18.2 Å². The van der Waals surface area contributed by atoms with E-state index in [4.69, 9.17) is 11.6 Å². The average molecular weight is 337 g/mol. The van der Waals surface area contributed by atoms with Gasteiger partial charge < -0.3 is 15.7 Å². The summed E-state index contributed by atoms with van der Waals surface area (Å²) in [5, 5.41) is 13.9. The minimum atomic E-state index is -4.54. The number of phenols is 1. The van der Waals surface area contributed by atoms with E-state index in [0.29, 0.717) is 0 Å². The van der Waals surface area contributed by atoms with Gasteiger partial charge in [0.2, 0.25) is 11.8 Å². The van der Waals surface area contributed by atoms with Crippen molar-refractivity contribution in [2.24, 2.45) is 5.92 Å². The number of benzene rings is 1. The lowest BCUT2D eigenvalue weighted by Gasteiger charge is -2.29. The Hall–Kier alpha value is -1.96. The first-order valence-electron chi connectivity index (χ1n) is 6.35. The first kappa shape index (κ1) is 16.4. The Balaban J connectivity index is 2.05. The van der Waals surface area contributed by atoms with Crippen LogP contribution < -0.4 is 10.6 Å². The Morgan fingerprint density at radius 3 is 2.64 bits per heavy atom. The van der Waals surface area contributed by atoms with Crippen molar-refractivity contribution in [3.05, 3.63) is 23.2 Å². The van der Waals surface area contributed by atoms with Crippen molar-refractivity contribution >= 4 is 29.1 Å². The summed E-state index contributed by atoms with van der Waals surface area (Å²) in [4.78, 5) is 23.7. The molecule has 0 bridgehead atoms. The predicted molar refractivity (Wildman–Crippen MR) is 72.5 cm³/mol. The Labute approximate surface area is 128 Å². The summed E-state index contributed by atoms with van der Waals surface area (Å²) in [6.45, 7) is 0. The molecule has 0 unspecified atom stereocenters. The number of alkyl halides is 3. The van der Waals surface area contributed by atoms with Crippen molar-refractivity contribution in [2.75, 3.05) is 5.32 Å². The smallest absolute Gasteiger partial charge is 0.408 e. The van der Waals surface area contributed by atoms with Crippen molar-refractivity contribution in [3.8, 4) is 5.75 Å². The molecule has 1 saturated heterocycles. The second kappa shape index (κ2) is 6.04. The molecule has 0 spiro atoms. The Kier molecular flexibility index (Phi) is 4.50. The zero-order valence-electron chi connectivity index (χ0n) is 11.1. The summed E-state index contributed by atoms with van der Waals surface area (Å²) in [5.41, 5.74) is -0.0109. The van der Waals surface area contributed by atoms with Crippen LogP contribution in [-0.4, -0.2) is 29.1 Å². The number of amides is 2. The number of phenolic OH excluding ortho intramolecular Hbond substituents is 1. The molecule has 1 aromatic rings. The van der Waals surface area contributed by atoms with Gasteiger partial charge in [0, 0.05) is 5.02 Å². The first-order valence-corrected chi connectivity index (χ1v) is 6.72. The molecule has 1 aliphatic heterocycles. The van der Waals surface area contributed by atoms with Gasteiger partial charge in [-0.15, -0.1) is 0 Å². The Morgan fingerprint density at radius 2 is 2.05 bits per heavy atom. The standard InChI is InChI=1S/C13H12ClF3N2O3/c14-6-1-3-9(20)8(5-6)18-11(21)7-2-4-10(13(15,16)17)19-12(7)22/h1,3,5,7,10,20H,2,4H2,(H,18,21)(H,19,22)/t7-,10+/m1/s1. The number of carbonyl (C=O) groups is 2. The molecule has 22 heavy (non-hydrogen) atoms. The number of nitrogens with one attached hydrogen (secondary N) is 2. The summed E-state index contributed by atoms with van der Waals surface area (Å²) in [7, 11) is 0. The van der Waals surface area contributed by atoms with Gasteiger partial charge in [-0.2, -0.15) is 13.2 Å². The van der Waals surface area contributed by atoms with Gasteiger partial charge in [-0.3, -0.25) is 9.59 Å². The van der Waals surface area contributed by atoms with Gasteiger partial charge in [-0.25, -0.2) is 0 Å². The Bertz CT molecular complexity index is 607. The maximum Gasteiger partial charge on any atom is 0.408 e. The molecule has 1 fully saturated rings. The Morgan fingerprint density at radius 1 is 1.36 bits per heavy atom. The molecule has 1 aromatic carbocycles. The minimum absolute atomic E-state index is 0.0109. The molecule has 2 amide bonds. The van der Waals surface area contributed by atoms with Gasteiger partial charge in [0.1, 0.15) is 17.7 Å². The number of piperidine rings is 1. The SMILES string of the molecule is O=C(Nc1cc(Cl)ccc1O)[C@H]1CC[C@@H](C(F)(F)F)NC1=O. The highest BCUT2D eigenvalue weighted by Gasteiger charge is 2.45. The molecule has 0 aliphatic carbocycles. The molecule has 3 N–H and O–H groups in total. The van der Waals surface area contributed by atoms with Crippen LogP contribution in [0.4, 0.5) is 18.9 Å². The minimum Gasteiger partial charge on any atom is -0.506 e. The summed E-state index contributed by atoms with van der Waals surface area (Å²) in [6, 6.07) is 1.98. The lowest BCUT2D eigenvalue weighted by molar-refractivity contribution is -0.170. The fraction of sp³-hybridized carbons (Fsp3) is 0.385. The van der Waals surface area contributed by atoms with Crippen LogP contribution in [0.2, 0.25) is 5.02 Å². The third-order valence-corrected chi connectivity index (χ3v) is 3.54. The molecule has 0 radical (unpaired) electrons. The lowest BCUT2D eigenvalue weighted by Crippen LogP contribution is -2.53. The highest BCUT2D eigenvalue weighted by molar-refractivity contribution is 6.31. The highest BCUT2D eigenvalue weighted by atomic mass is 35.5. The molecule has 2 rings (SSSR count). The summed E-state index contributed by atoms with van der Waals surface area (Å²) in [6.07, 6.45) is -5.15. The molecule has 1 heterocycles. The number of rotatable bonds is 2. The monoisotopic (exact) mass is 336 g/mol. The van der Waals surface area contributed by atoms with Crippen molar-refractivity contribution in [1.29, 1.82) is 0 Å². The van der Waals surface area contributed by atoms with Crippen LogP contribution in [0.5, 0.6) is 5.75 Å². The van der Waals surface area contributed by atoms with E-state index in [0.717, 1.165) is 0 Å². The van der Waals surface area contributed by atoms with Gasteiger partial charge in [0.05, 0.1) is 5.69 Å². The van der Waals surface area contributed by atoms with Gasteiger partial charge in [-0.1, -0.05) is 11.6 Å². The number of hydrogen-bond acceptors (Lipinski definition) is 3. The molecular weight excluding hydrogens is 325 g/mol. The van der Waals surface area contributed by atoms with E-state index < -0.39 is 30.0 Å². The van der Waals surface area contributed by atoms with E-state index in [9.17, 15) is 27.9 Å². The fourth-order valence-electron chi connectivity index (χ4n) is 2.13. The normalized spacial score (nSPS) is 22.1. The predicted octanol–water partition coefficient (Wildman–Crippen LogP) is 2.44. The number of carbonyl (C=O) groups excluding carboxylic acids is 2. The third kappa shape index (κ3) is 3.62. The summed E-state index contributed by atoms with van der Waals surface area (Å²) in [5.74, 6) is -3.30. The van der Waals surface area contributed by atoms with Crippen LogP contribution in [0.1, 0.15) is 12.8 Å². The van der Waals surface area contributed by atoms with Crippen LogP contribution >= 0.6 is 11.6 Å². The summed E-state index contributed by atoms with van der Waals surface area (Å²) < 4.78 is 37.6. The van der Waals surface area contributed by atoms with Crippen molar-refractivity contribution in [1.82, 2.24) is 5.32 Å². The van der Waals surface area contributed by atoms with E-state index in [1.807, 2.05) is 0 Å². The van der Waals surface area contributed by atoms with E-state index >= 15 is 0 Å². The van der Waals surface area contributed by atoms with Gasteiger partial charge in [0.25, 0.3) is 0 Å². The van der Waals surface area contributed by atoms with Gasteiger partial charge in [0.15, 0.2) is 0 Å². The maximum absolute atomic E-state index is 12.5. The second-order valence-corrected chi connectivity index (χ2v) is 5.32. The molecule has 2 atom stereocenters. The second-order valence-electron chi connectivity index (χ2n) is 4.88. The third-order valence-electron chi connectivity index (χ3n) is 3.31. The molecule has 5 nitrogen and oxygen atoms in total. The molecule has 9 heteroatoms. The lowest BCUT2D eigenvalue weighted by atomic mass is 9.92. The maximum atomic E-state index is 12.5. The number of anilines is 1. The fourth-order valence-corrected chi connectivity index (χ4v) is 2.30. The molecular formula is C13H12ClF3N2O3. The van der Waals surface area contributed by atoms with Crippen LogP contribution in [-0.2, 0) is 9.59 Å². The number of aromatic hydroxyl groups is 1. The van der Waals surface area contributed by atoms with E-state index in [-0.39, 0.29) is 29.3 Å². The van der Waals surface area contributed by atoms with Gasteiger partial charge >= 0.3 is 6.18 Å². The van der Waals surface area contributed by atoms with E-state index in [2.05, 4.69) is 5.32 Å². The molecule has 120 valence electrons.